The lowest BCUT2D eigenvalue weighted by Gasteiger charge is -2.35. The van der Waals surface area contributed by atoms with Gasteiger partial charge in [-0.25, -0.2) is 4.39 Å². The molecule has 126 valence electrons. The van der Waals surface area contributed by atoms with E-state index in [9.17, 15) is 4.39 Å². The first kappa shape index (κ1) is 19.2. The molecule has 1 fully saturated rings. The Balaban J connectivity index is 0.00000242. The molecule has 1 saturated heterocycles. The van der Waals surface area contributed by atoms with Gasteiger partial charge in [0.2, 0.25) is 0 Å². The smallest absolute Gasteiger partial charge is 0.131 e. The lowest BCUT2D eigenvalue weighted by molar-refractivity contribution is 0.159. The van der Waals surface area contributed by atoms with Gasteiger partial charge in [0.05, 0.1) is 7.11 Å². The van der Waals surface area contributed by atoms with Gasteiger partial charge in [0.15, 0.2) is 0 Å². The van der Waals surface area contributed by atoms with Gasteiger partial charge in [0.1, 0.15) is 11.6 Å². The van der Waals surface area contributed by atoms with Crippen molar-refractivity contribution < 1.29 is 9.13 Å². The molecule has 22 heavy (non-hydrogen) atoms. The Bertz CT molecular complexity index is 439. The third-order valence-electron chi connectivity index (χ3n) is 4.24. The van der Waals surface area contributed by atoms with Gasteiger partial charge < -0.3 is 10.1 Å². The lowest BCUT2D eigenvalue weighted by Crippen LogP contribution is -2.45. The van der Waals surface area contributed by atoms with Crippen molar-refractivity contribution in [3.63, 3.8) is 0 Å². The summed E-state index contributed by atoms with van der Waals surface area (Å²) >= 11 is 0. The Labute approximate surface area is 139 Å². The van der Waals surface area contributed by atoms with Gasteiger partial charge in [-0.15, -0.1) is 12.4 Å². The van der Waals surface area contributed by atoms with Gasteiger partial charge in [-0.1, -0.05) is 32.3 Å². The standard InChI is InChI=1S/C17H27FN2O.ClH/c1-3-4-5-6-17(20-11-9-19-10-12-20)15-8-7-14(21-2)13-16(15)18;/h7-8,13,17,19H,3-6,9-12H2,1-2H3;1H/t17-;/m1./s1. The second kappa shape index (κ2) is 10.0. The summed E-state index contributed by atoms with van der Waals surface area (Å²) < 4.78 is 19.5. The van der Waals surface area contributed by atoms with Crippen LogP contribution in [0.2, 0.25) is 0 Å². The Hall–Kier alpha value is -0.840. The molecule has 5 heteroatoms. The SMILES string of the molecule is CCCCC[C@H](c1ccc(OC)cc1F)N1CCNCC1.Cl. The highest BCUT2D eigenvalue weighted by Gasteiger charge is 2.24. The van der Waals surface area contributed by atoms with Gasteiger partial charge in [0.25, 0.3) is 0 Å². The average molecular weight is 331 g/mol. The molecular weight excluding hydrogens is 303 g/mol. The summed E-state index contributed by atoms with van der Waals surface area (Å²) in [7, 11) is 1.57. The molecule has 0 unspecified atom stereocenters. The van der Waals surface area contributed by atoms with E-state index in [-0.39, 0.29) is 24.3 Å². The molecule has 0 saturated carbocycles. The normalized spacial score (nSPS) is 16.9. The average Bonchev–Trinajstić information content (AvgIpc) is 2.53. The van der Waals surface area contributed by atoms with E-state index in [0.717, 1.165) is 44.6 Å². The maximum Gasteiger partial charge on any atom is 0.131 e. The fraction of sp³-hybridized carbons (Fsp3) is 0.647. The van der Waals surface area contributed by atoms with Crippen LogP contribution in [0.4, 0.5) is 4.39 Å². The van der Waals surface area contributed by atoms with Crippen molar-refractivity contribution in [1.82, 2.24) is 10.2 Å². The topological polar surface area (TPSA) is 24.5 Å². The summed E-state index contributed by atoms with van der Waals surface area (Å²) in [5, 5.41) is 3.37. The van der Waals surface area contributed by atoms with Crippen molar-refractivity contribution >= 4 is 12.4 Å². The van der Waals surface area contributed by atoms with E-state index in [0.29, 0.717) is 5.75 Å². The molecule has 1 aliphatic heterocycles. The number of benzene rings is 1. The first-order valence-corrected chi connectivity index (χ1v) is 8.04. The van der Waals surface area contributed by atoms with Crippen LogP contribution >= 0.6 is 12.4 Å². The van der Waals surface area contributed by atoms with Crippen LogP contribution in [0.1, 0.15) is 44.2 Å². The minimum absolute atomic E-state index is 0. The summed E-state index contributed by atoms with van der Waals surface area (Å²) in [5.41, 5.74) is 0.814. The minimum Gasteiger partial charge on any atom is -0.497 e. The summed E-state index contributed by atoms with van der Waals surface area (Å²) in [6.07, 6.45) is 4.58. The van der Waals surface area contributed by atoms with Crippen LogP contribution in [0.15, 0.2) is 18.2 Å². The molecule has 0 spiro atoms. The zero-order valence-electron chi connectivity index (χ0n) is 13.6. The first-order chi connectivity index (χ1) is 10.3. The van der Waals surface area contributed by atoms with Crippen molar-refractivity contribution in [2.24, 2.45) is 0 Å². The van der Waals surface area contributed by atoms with E-state index >= 15 is 0 Å². The predicted octanol–water partition coefficient (Wildman–Crippen LogP) is 3.78. The monoisotopic (exact) mass is 330 g/mol. The minimum atomic E-state index is -0.144. The summed E-state index contributed by atoms with van der Waals surface area (Å²) in [5.74, 6) is 0.443. The number of rotatable bonds is 7. The van der Waals surface area contributed by atoms with Crippen molar-refractivity contribution in [3.05, 3.63) is 29.6 Å². The fourth-order valence-electron chi connectivity index (χ4n) is 3.02. The summed E-state index contributed by atoms with van der Waals surface area (Å²) in [6, 6.07) is 5.45. The van der Waals surface area contributed by atoms with E-state index in [2.05, 4.69) is 17.1 Å². The Morgan fingerprint density at radius 1 is 1.27 bits per heavy atom. The van der Waals surface area contributed by atoms with Crippen molar-refractivity contribution in [1.29, 1.82) is 0 Å². The maximum absolute atomic E-state index is 14.4. The quantitative estimate of drug-likeness (QED) is 0.770. The van der Waals surface area contributed by atoms with Gasteiger partial charge in [0, 0.05) is 43.9 Å². The van der Waals surface area contributed by atoms with Crippen molar-refractivity contribution in [2.45, 2.75) is 38.6 Å². The van der Waals surface area contributed by atoms with Gasteiger partial charge in [-0.05, 0) is 12.5 Å². The van der Waals surface area contributed by atoms with Gasteiger partial charge in [-0.3, -0.25) is 4.90 Å². The molecule has 1 aliphatic rings. The molecule has 0 radical (unpaired) electrons. The van der Waals surface area contributed by atoms with Crippen LogP contribution in [0.25, 0.3) is 0 Å². The number of nitrogens with one attached hydrogen (secondary N) is 1. The van der Waals surface area contributed by atoms with Crippen LogP contribution in [0, 0.1) is 5.82 Å². The van der Waals surface area contributed by atoms with Crippen LogP contribution in [0.5, 0.6) is 5.75 Å². The van der Waals surface area contributed by atoms with E-state index in [1.54, 1.807) is 7.11 Å². The van der Waals surface area contributed by atoms with Crippen LogP contribution in [0.3, 0.4) is 0 Å². The number of hydrogen-bond donors (Lipinski definition) is 1. The highest BCUT2D eigenvalue weighted by molar-refractivity contribution is 5.85. The zero-order valence-corrected chi connectivity index (χ0v) is 14.4. The number of unbranched alkanes of at least 4 members (excludes halogenated alkanes) is 2. The summed E-state index contributed by atoms with van der Waals surface area (Å²) in [4.78, 5) is 2.41. The molecule has 1 aromatic carbocycles. The molecule has 0 amide bonds. The number of nitrogens with zero attached hydrogens (tertiary/aromatic N) is 1. The largest absolute Gasteiger partial charge is 0.497 e. The number of halogens is 2. The van der Waals surface area contributed by atoms with E-state index in [1.807, 2.05) is 12.1 Å². The molecule has 1 aromatic rings. The Morgan fingerprint density at radius 2 is 2.00 bits per heavy atom. The number of methoxy groups -OCH3 is 1. The second-order valence-corrected chi connectivity index (χ2v) is 5.68. The predicted molar refractivity (Wildman–Crippen MR) is 91.5 cm³/mol. The van der Waals surface area contributed by atoms with Crippen LogP contribution < -0.4 is 10.1 Å². The Morgan fingerprint density at radius 3 is 2.59 bits per heavy atom. The fourth-order valence-corrected chi connectivity index (χ4v) is 3.02. The number of ether oxygens (including phenoxy) is 1. The third kappa shape index (κ3) is 5.11. The lowest BCUT2D eigenvalue weighted by atomic mass is 9.97. The highest BCUT2D eigenvalue weighted by Crippen LogP contribution is 2.30. The summed E-state index contributed by atoms with van der Waals surface area (Å²) in [6.45, 7) is 6.16. The zero-order chi connectivity index (χ0) is 15.1. The maximum atomic E-state index is 14.4. The van der Waals surface area contributed by atoms with E-state index in [4.69, 9.17) is 4.74 Å². The molecular formula is C17H28ClFN2O. The molecule has 1 heterocycles. The molecule has 1 atom stereocenters. The molecule has 3 nitrogen and oxygen atoms in total. The molecule has 2 rings (SSSR count). The highest BCUT2D eigenvalue weighted by atomic mass is 35.5. The number of piperazine rings is 1. The Kier molecular flexibility index (Phi) is 8.76. The van der Waals surface area contributed by atoms with E-state index in [1.165, 1.54) is 18.9 Å². The molecule has 1 N–H and O–H groups in total. The van der Waals surface area contributed by atoms with Crippen molar-refractivity contribution in [3.8, 4) is 5.75 Å². The van der Waals surface area contributed by atoms with Crippen molar-refractivity contribution in [2.75, 3.05) is 33.3 Å². The molecule has 0 aliphatic carbocycles. The van der Waals surface area contributed by atoms with Gasteiger partial charge >= 0.3 is 0 Å². The molecule has 0 aromatic heterocycles. The van der Waals surface area contributed by atoms with Gasteiger partial charge in [-0.2, -0.15) is 0 Å². The number of hydrogen-bond acceptors (Lipinski definition) is 3. The molecule has 0 bridgehead atoms. The first-order valence-electron chi connectivity index (χ1n) is 8.04. The van der Waals surface area contributed by atoms with E-state index < -0.39 is 0 Å². The van der Waals surface area contributed by atoms with Crippen LogP contribution in [-0.2, 0) is 0 Å². The second-order valence-electron chi connectivity index (χ2n) is 5.68. The van der Waals surface area contributed by atoms with Crippen LogP contribution in [-0.4, -0.2) is 38.2 Å². The third-order valence-corrected chi connectivity index (χ3v) is 4.24.